The average molecular weight is 390 g/mol. The van der Waals surface area contributed by atoms with Crippen molar-refractivity contribution in [1.29, 1.82) is 0 Å². The summed E-state index contributed by atoms with van der Waals surface area (Å²) in [6.45, 7) is 4.75. The molecular weight excluding hydrogens is 368 g/mol. The van der Waals surface area contributed by atoms with E-state index in [4.69, 9.17) is 14.7 Å². The number of anilines is 1. The molecule has 0 radical (unpaired) electrons. The minimum absolute atomic E-state index is 0.259. The standard InChI is InChI=1S/C21H22N6O2/c1-2-29-21(28)27-13-11-26(12-14-27)19-15-18(16-3-7-22-8-4-16)24-20(25-19)17-5-9-23-10-6-17/h3-10,15H,2,11-14H2,1H3. The van der Waals surface area contributed by atoms with Crippen LogP contribution in [0.15, 0.2) is 55.1 Å². The number of aromatic nitrogens is 4. The van der Waals surface area contributed by atoms with Crippen LogP contribution in [0.5, 0.6) is 0 Å². The summed E-state index contributed by atoms with van der Waals surface area (Å²) < 4.78 is 5.11. The number of carbonyl (C=O) groups is 1. The number of carbonyl (C=O) groups excluding carboxylic acids is 1. The molecule has 29 heavy (non-hydrogen) atoms. The molecule has 0 spiro atoms. The maximum absolute atomic E-state index is 12.0. The van der Waals surface area contributed by atoms with Gasteiger partial charge in [-0.3, -0.25) is 9.97 Å². The Morgan fingerprint density at radius 1 is 0.931 bits per heavy atom. The molecular formula is C21H22N6O2. The third-order valence-corrected chi connectivity index (χ3v) is 4.76. The van der Waals surface area contributed by atoms with Gasteiger partial charge < -0.3 is 14.5 Å². The topological polar surface area (TPSA) is 84.3 Å². The molecule has 8 nitrogen and oxygen atoms in total. The number of hydrogen-bond donors (Lipinski definition) is 0. The highest BCUT2D eigenvalue weighted by molar-refractivity contribution is 5.69. The monoisotopic (exact) mass is 390 g/mol. The van der Waals surface area contributed by atoms with Gasteiger partial charge in [-0.25, -0.2) is 14.8 Å². The number of ether oxygens (including phenoxy) is 1. The lowest BCUT2D eigenvalue weighted by Crippen LogP contribution is -2.49. The molecule has 0 atom stereocenters. The van der Waals surface area contributed by atoms with Gasteiger partial charge in [0, 0.05) is 68.2 Å². The Kier molecular flexibility index (Phi) is 5.60. The summed E-state index contributed by atoms with van der Waals surface area (Å²) in [6.07, 6.45) is 6.71. The van der Waals surface area contributed by atoms with E-state index in [2.05, 4.69) is 14.9 Å². The van der Waals surface area contributed by atoms with Crippen LogP contribution >= 0.6 is 0 Å². The molecule has 1 amide bonds. The molecule has 1 aliphatic rings. The van der Waals surface area contributed by atoms with Crippen LogP contribution in [0.2, 0.25) is 0 Å². The molecule has 148 valence electrons. The summed E-state index contributed by atoms with van der Waals surface area (Å²) in [5.41, 5.74) is 2.71. The molecule has 0 N–H and O–H groups in total. The fourth-order valence-corrected chi connectivity index (χ4v) is 3.23. The Morgan fingerprint density at radius 2 is 1.55 bits per heavy atom. The molecule has 3 aromatic heterocycles. The minimum Gasteiger partial charge on any atom is -0.450 e. The van der Waals surface area contributed by atoms with E-state index in [0.717, 1.165) is 22.6 Å². The van der Waals surface area contributed by atoms with Crippen LogP contribution in [0.3, 0.4) is 0 Å². The first-order valence-electron chi connectivity index (χ1n) is 9.61. The van der Waals surface area contributed by atoms with Gasteiger partial charge in [-0.1, -0.05) is 0 Å². The smallest absolute Gasteiger partial charge is 0.409 e. The fraction of sp³-hybridized carbons (Fsp3) is 0.286. The second-order valence-corrected chi connectivity index (χ2v) is 6.58. The van der Waals surface area contributed by atoms with Gasteiger partial charge in [0.05, 0.1) is 12.3 Å². The Balaban J connectivity index is 1.64. The zero-order chi connectivity index (χ0) is 20.1. The highest BCUT2D eigenvalue weighted by Crippen LogP contribution is 2.26. The van der Waals surface area contributed by atoms with E-state index in [-0.39, 0.29) is 6.09 Å². The highest BCUT2D eigenvalue weighted by atomic mass is 16.6. The van der Waals surface area contributed by atoms with Crippen molar-refractivity contribution in [1.82, 2.24) is 24.8 Å². The molecule has 3 aromatic rings. The molecule has 4 heterocycles. The number of amides is 1. The predicted octanol–water partition coefficient (Wildman–Crippen LogP) is 2.88. The van der Waals surface area contributed by atoms with Crippen molar-refractivity contribution in [2.24, 2.45) is 0 Å². The second-order valence-electron chi connectivity index (χ2n) is 6.58. The molecule has 1 aliphatic heterocycles. The van der Waals surface area contributed by atoms with Crippen molar-refractivity contribution in [3.63, 3.8) is 0 Å². The van der Waals surface area contributed by atoms with E-state index in [0.29, 0.717) is 38.6 Å². The van der Waals surface area contributed by atoms with Gasteiger partial charge in [-0.05, 0) is 31.2 Å². The Bertz CT molecular complexity index is 902. The van der Waals surface area contributed by atoms with Crippen LogP contribution in [0.25, 0.3) is 22.6 Å². The van der Waals surface area contributed by atoms with Crippen LogP contribution in [0, 0.1) is 0 Å². The normalized spacial score (nSPS) is 14.0. The highest BCUT2D eigenvalue weighted by Gasteiger charge is 2.23. The maximum Gasteiger partial charge on any atom is 0.409 e. The van der Waals surface area contributed by atoms with Crippen molar-refractivity contribution >= 4 is 11.9 Å². The van der Waals surface area contributed by atoms with Crippen LogP contribution in [-0.4, -0.2) is 63.7 Å². The number of nitrogens with zero attached hydrogens (tertiary/aromatic N) is 6. The molecule has 0 aromatic carbocycles. The molecule has 0 saturated carbocycles. The lowest BCUT2D eigenvalue weighted by Gasteiger charge is -2.35. The lowest BCUT2D eigenvalue weighted by atomic mass is 10.1. The summed E-state index contributed by atoms with van der Waals surface area (Å²) in [7, 11) is 0. The fourth-order valence-electron chi connectivity index (χ4n) is 3.23. The van der Waals surface area contributed by atoms with Crippen LogP contribution in [0.1, 0.15) is 6.92 Å². The van der Waals surface area contributed by atoms with Crippen LogP contribution < -0.4 is 4.90 Å². The first-order chi connectivity index (χ1) is 14.2. The molecule has 1 fully saturated rings. The quantitative estimate of drug-likeness (QED) is 0.677. The average Bonchev–Trinajstić information content (AvgIpc) is 2.80. The van der Waals surface area contributed by atoms with Crippen LogP contribution in [0.4, 0.5) is 10.6 Å². The SMILES string of the molecule is CCOC(=O)N1CCN(c2cc(-c3ccncc3)nc(-c3ccncc3)n2)CC1. The lowest BCUT2D eigenvalue weighted by molar-refractivity contribution is 0.105. The van der Waals surface area contributed by atoms with Crippen molar-refractivity contribution in [3.05, 3.63) is 55.1 Å². The summed E-state index contributed by atoms with van der Waals surface area (Å²) in [4.78, 5) is 33.6. The van der Waals surface area contributed by atoms with Gasteiger partial charge in [0.15, 0.2) is 5.82 Å². The first kappa shape index (κ1) is 18.8. The summed E-state index contributed by atoms with van der Waals surface area (Å²) in [5.74, 6) is 1.48. The van der Waals surface area contributed by atoms with E-state index >= 15 is 0 Å². The number of piperazine rings is 1. The Hall–Kier alpha value is -3.55. The molecule has 0 unspecified atom stereocenters. The van der Waals surface area contributed by atoms with Crippen LogP contribution in [-0.2, 0) is 4.74 Å². The molecule has 0 aliphatic carbocycles. The predicted molar refractivity (Wildman–Crippen MR) is 109 cm³/mol. The Morgan fingerprint density at radius 3 is 2.17 bits per heavy atom. The zero-order valence-corrected chi connectivity index (χ0v) is 16.2. The second kappa shape index (κ2) is 8.64. The maximum atomic E-state index is 12.0. The van der Waals surface area contributed by atoms with Crippen molar-refractivity contribution < 1.29 is 9.53 Å². The number of hydrogen-bond acceptors (Lipinski definition) is 7. The van der Waals surface area contributed by atoms with Gasteiger partial charge in [-0.15, -0.1) is 0 Å². The van der Waals surface area contributed by atoms with Gasteiger partial charge in [-0.2, -0.15) is 0 Å². The van der Waals surface area contributed by atoms with Gasteiger partial charge in [0.1, 0.15) is 5.82 Å². The van der Waals surface area contributed by atoms with E-state index in [1.54, 1.807) is 29.7 Å². The zero-order valence-electron chi connectivity index (χ0n) is 16.2. The molecule has 0 bridgehead atoms. The third kappa shape index (κ3) is 4.31. The van der Waals surface area contributed by atoms with Gasteiger partial charge in [0.2, 0.25) is 0 Å². The number of pyridine rings is 2. The molecule has 4 rings (SSSR count). The largest absolute Gasteiger partial charge is 0.450 e. The third-order valence-electron chi connectivity index (χ3n) is 4.76. The van der Waals surface area contributed by atoms with E-state index in [1.165, 1.54) is 0 Å². The van der Waals surface area contributed by atoms with Crippen molar-refractivity contribution in [3.8, 4) is 22.6 Å². The summed E-state index contributed by atoms with van der Waals surface area (Å²) in [5, 5.41) is 0. The van der Waals surface area contributed by atoms with Crippen molar-refractivity contribution in [2.45, 2.75) is 6.92 Å². The van der Waals surface area contributed by atoms with E-state index < -0.39 is 0 Å². The summed E-state index contributed by atoms with van der Waals surface area (Å²) in [6, 6.07) is 9.64. The van der Waals surface area contributed by atoms with E-state index in [1.807, 2.05) is 37.3 Å². The molecule has 8 heteroatoms. The van der Waals surface area contributed by atoms with Crippen molar-refractivity contribution in [2.75, 3.05) is 37.7 Å². The van der Waals surface area contributed by atoms with Gasteiger partial charge >= 0.3 is 6.09 Å². The Labute approximate surface area is 169 Å². The molecule has 1 saturated heterocycles. The minimum atomic E-state index is -0.259. The first-order valence-corrected chi connectivity index (χ1v) is 9.61. The van der Waals surface area contributed by atoms with Gasteiger partial charge in [0.25, 0.3) is 0 Å². The van der Waals surface area contributed by atoms with E-state index in [9.17, 15) is 4.79 Å². The number of rotatable bonds is 4. The summed E-state index contributed by atoms with van der Waals surface area (Å²) >= 11 is 0.